The van der Waals surface area contributed by atoms with Crippen LogP contribution in [0.2, 0.25) is 0 Å². The van der Waals surface area contributed by atoms with Crippen LogP contribution in [0.25, 0.3) is 11.0 Å². The van der Waals surface area contributed by atoms with E-state index in [0.29, 0.717) is 38.2 Å². The molecule has 0 radical (unpaired) electrons. The van der Waals surface area contributed by atoms with E-state index in [4.69, 9.17) is 0 Å². The quantitative estimate of drug-likeness (QED) is 0.671. The molecule has 0 bridgehead atoms. The van der Waals surface area contributed by atoms with E-state index in [1.807, 2.05) is 18.2 Å². The Morgan fingerprint density at radius 3 is 2.63 bits per heavy atom. The molecular weight excluding hydrogens is 383 g/mol. The zero-order valence-electron chi connectivity index (χ0n) is 16.8. The molecule has 2 amide bonds. The summed E-state index contributed by atoms with van der Waals surface area (Å²) in [5.41, 5.74) is 3.01. The maximum absolute atomic E-state index is 13.6. The molecule has 0 aliphatic carbocycles. The fraction of sp³-hybridized carbons (Fsp3) is 0.304. The smallest absolute Gasteiger partial charge is 0.254 e. The number of pyridine rings is 2. The predicted molar refractivity (Wildman–Crippen MR) is 111 cm³/mol. The third-order valence-corrected chi connectivity index (χ3v) is 5.49. The minimum atomic E-state index is -0.438. The van der Waals surface area contributed by atoms with Crippen molar-refractivity contribution in [3.8, 4) is 0 Å². The van der Waals surface area contributed by atoms with Gasteiger partial charge in [0.15, 0.2) is 0 Å². The molecule has 7 heteroatoms. The zero-order chi connectivity index (χ0) is 21.1. The number of nitrogens with zero attached hydrogens (tertiary/aromatic N) is 4. The normalized spacial score (nSPS) is 17.1. The molecule has 1 unspecified atom stereocenters. The van der Waals surface area contributed by atoms with E-state index in [0.717, 1.165) is 16.6 Å². The lowest BCUT2D eigenvalue weighted by Gasteiger charge is -2.24. The molecule has 6 nitrogen and oxygen atoms in total. The Morgan fingerprint density at radius 2 is 1.83 bits per heavy atom. The van der Waals surface area contributed by atoms with Gasteiger partial charge in [-0.2, -0.15) is 0 Å². The lowest BCUT2D eigenvalue weighted by molar-refractivity contribution is -0.129. The van der Waals surface area contributed by atoms with Gasteiger partial charge in [-0.25, -0.2) is 4.39 Å². The molecule has 0 spiro atoms. The molecular formula is C23H23FN4O2. The molecule has 154 valence electrons. The lowest BCUT2D eigenvalue weighted by Crippen LogP contribution is -2.36. The van der Waals surface area contributed by atoms with Gasteiger partial charge in [-0.15, -0.1) is 0 Å². The Bertz CT molecular complexity index is 1080. The first-order valence-electron chi connectivity index (χ1n) is 10.00. The third kappa shape index (κ3) is 4.30. The molecule has 2 aromatic heterocycles. The average molecular weight is 406 g/mol. The molecule has 1 atom stereocenters. The standard InChI is InChI=1S/C23H23FN4O2/c1-16(29)27-10-11-28(23(30)19-4-2-5-20(24)13-19)15-17(14-27)12-18-7-9-25-21-6-3-8-26-22(18)21/h2-9,13,17H,10-12,14-15H2,1H3. The topological polar surface area (TPSA) is 66.4 Å². The Morgan fingerprint density at radius 1 is 1.03 bits per heavy atom. The van der Waals surface area contributed by atoms with Crippen LogP contribution < -0.4 is 0 Å². The third-order valence-electron chi connectivity index (χ3n) is 5.49. The van der Waals surface area contributed by atoms with Crippen LogP contribution in [0.5, 0.6) is 0 Å². The molecule has 3 aromatic rings. The summed E-state index contributed by atoms with van der Waals surface area (Å²) >= 11 is 0. The van der Waals surface area contributed by atoms with Crippen LogP contribution in [0, 0.1) is 11.7 Å². The second-order valence-corrected chi connectivity index (χ2v) is 7.64. The van der Waals surface area contributed by atoms with Gasteiger partial charge in [0.05, 0.1) is 11.0 Å². The second-order valence-electron chi connectivity index (χ2n) is 7.64. The molecule has 4 rings (SSSR count). The summed E-state index contributed by atoms with van der Waals surface area (Å²) in [6.45, 7) is 3.46. The van der Waals surface area contributed by atoms with Crippen LogP contribution in [0.4, 0.5) is 4.39 Å². The lowest BCUT2D eigenvalue weighted by atomic mass is 9.97. The number of fused-ring (bicyclic) bond motifs is 1. The first-order valence-corrected chi connectivity index (χ1v) is 10.00. The maximum atomic E-state index is 13.6. The number of hydrogen-bond donors (Lipinski definition) is 0. The molecule has 1 saturated heterocycles. The van der Waals surface area contributed by atoms with E-state index < -0.39 is 5.82 Å². The zero-order valence-corrected chi connectivity index (χ0v) is 16.8. The van der Waals surface area contributed by atoms with Crippen molar-refractivity contribution in [3.05, 3.63) is 71.8 Å². The molecule has 0 saturated carbocycles. The van der Waals surface area contributed by atoms with Crippen LogP contribution in [-0.4, -0.2) is 57.8 Å². The van der Waals surface area contributed by atoms with Crippen LogP contribution >= 0.6 is 0 Å². The summed E-state index contributed by atoms with van der Waals surface area (Å²) < 4.78 is 13.6. The van der Waals surface area contributed by atoms with Crippen LogP contribution in [-0.2, 0) is 11.2 Å². The summed E-state index contributed by atoms with van der Waals surface area (Å²) in [6.07, 6.45) is 4.16. The van der Waals surface area contributed by atoms with Crippen molar-refractivity contribution in [3.63, 3.8) is 0 Å². The first kappa shape index (κ1) is 19.9. The summed E-state index contributed by atoms with van der Waals surface area (Å²) in [5.74, 6) is -0.645. The molecule has 1 aliphatic rings. The minimum Gasteiger partial charge on any atom is -0.341 e. The van der Waals surface area contributed by atoms with Crippen molar-refractivity contribution < 1.29 is 14.0 Å². The van der Waals surface area contributed by atoms with Gasteiger partial charge in [-0.05, 0) is 54.3 Å². The minimum absolute atomic E-state index is 0.0160. The van der Waals surface area contributed by atoms with Gasteiger partial charge in [0.25, 0.3) is 5.91 Å². The SMILES string of the molecule is CC(=O)N1CCN(C(=O)c2cccc(F)c2)CC(Cc2ccnc3cccnc23)C1. The Hall–Kier alpha value is -3.35. The first-order chi connectivity index (χ1) is 14.5. The summed E-state index contributed by atoms with van der Waals surface area (Å²) in [5, 5.41) is 0. The second kappa shape index (κ2) is 8.57. The molecule has 1 aromatic carbocycles. The fourth-order valence-electron chi connectivity index (χ4n) is 4.02. The Labute approximate surface area is 174 Å². The molecule has 0 N–H and O–H groups in total. The summed E-state index contributed by atoms with van der Waals surface area (Å²) in [6, 6.07) is 11.4. The van der Waals surface area contributed by atoms with Crippen molar-refractivity contribution in [2.45, 2.75) is 13.3 Å². The monoisotopic (exact) mass is 406 g/mol. The highest BCUT2D eigenvalue weighted by atomic mass is 19.1. The predicted octanol–water partition coefficient (Wildman–Crippen LogP) is 2.93. The maximum Gasteiger partial charge on any atom is 0.254 e. The molecule has 3 heterocycles. The average Bonchev–Trinajstić information content (AvgIpc) is 2.96. The molecule has 1 aliphatic heterocycles. The highest BCUT2D eigenvalue weighted by Crippen LogP contribution is 2.21. The number of carbonyl (C=O) groups excluding carboxylic acids is 2. The van der Waals surface area contributed by atoms with Gasteiger partial charge < -0.3 is 9.80 Å². The van der Waals surface area contributed by atoms with E-state index in [2.05, 4.69) is 9.97 Å². The van der Waals surface area contributed by atoms with Crippen molar-refractivity contribution >= 4 is 22.8 Å². The number of halogens is 1. The largest absolute Gasteiger partial charge is 0.341 e. The van der Waals surface area contributed by atoms with Crippen LogP contribution in [0.1, 0.15) is 22.8 Å². The Kier molecular flexibility index (Phi) is 5.70. The van der Waals surface area contributed by atoms with Gasteiger partial charge >= 0.3 is 0 Å². The summed E-state index contributed by atoms with van der Waals surface area (Å²) in [7, 11) is 0. The number of carbonyl (C=O) groups is 2. The molecule has 30 heavy (non-hydrogen) atoms. The Balaban J connectivity index is 1.61. The summed E-state index contributed by atoms with van der Waals surface area (Å²) in [4.78, 5) is 37.5. The van der Waals surface area contributed by atoms with E-state index >= 15 is 0 Å². The van der Waals surface area contributed by atoms with Crippen molar-refractivity contribution in [2.24, 2.45) is 5.92 Å². The van der Waals surface area contributed by atoms with Gasteiger partial charge in [0.2, 0.25) is 5.91 Å². The van der Waals surface area contributed by atoms with E-state index in [-0.39, 0.29) is 17.7 Å². The number of benzene rings is 1. The number of aromatic nitrogens is 2. The van der Waals surface area contributed by atoms with E-state index in [9.17, 15) is 14.0 Å². The van der Waals surface area contributed by atoms with Crippen molar-refractivity contribution in [2.75, 3.05) is 26.2 Å². The number of amides is 2. The fourth-order valence-corrected chi connectivity index (χ4v) is 4.02. The van der Waals surface area contributed by atoms with Crippen LogP contribution in [0.15, 0.2) is 54.9 Å². The van der Waals surface area contributed by atoms with Crippen molar-refractivity contribution in [1.82, 2.24) is 19.8 Å². The van der Waals surface area contributed by atoms with E-state index in [1.54, 1.807) is 35.2 Å². The highest BCUT2D eigenvalue weighted by molar-refractivity contribution is 5.94. The number of hydrogen-bond acceptors (Lipinski definition) is 4. The van der Waals surface area contributed by atoms with Gasteiger partial charge in [0, 0.05) is 51.1 Å². The highest BCUT2D eigenvalue weighted by Gasteiger charge is 2.28. The van der Waals surface area contributed by atoms with Crippen LogP contribution in [0.3, 0.4) is 0 Å². The van der Waals surface area contributed by atoms with Crippen molar-refractivity contribution in [1.29, 1.82) is 0 Å². The van der Waals surface area contributed by atoms with Gasteiger partial charge in [-0.3, -0.25) is 19.6 Å². The number of rotatable bonds is 3. The van der Waals surface area contributed by atoms with E-state index in [1.165, 1.54) is 18.2 Å². The van der Waals surface area contributed by atoms with Gasteiger partial charge in [0.1, 0.15) is 5.82 Å². The molecule has 1 fully saturated rings. The van der Waals surface area contributed by atoms with Gasteiger partial charge in [-0.1, -0.05) is 6.07 Å².